The first kappa shape index (κ1) is 4.52. The molecule has 0 saturated heterocycles. The van der Waals surface area contributed by atoms with E-state index in [2.05, 4.69) is 22.7 Å². The molecule has 1 aromatic rings. The first-order valence-corrected chi connectivity index (χ1v) is 2.22. The van der Waals surface area contributed by atoms with Gasteiger partial charge in [-0.15, -0.1) is 5.10 Å². The van der Waals surface area contributed by atoms with Crippen LogP contribution in [0.15, 0.2) is 11.5 Å². The third-order valence-electron chi connectivity index (χ3n) is 0.579. The summed E-state index contributed by atoms with van der Waals surface area (Å²) in [5.41, 5.74) is 0. The number of aryl methyl sites for hydroxylation is 1. The van der Waals surface area contributed by atoms with Crippen molar-refractivity contribution in [1.82, 2.24) is 14.8 Å². The molecule has 0 spiro atoms. The molecule has 1 heterocycles. The predicted molar refractivity (Wildman–Crippen MR) is 26.9 cm³/mol. The minimum absolute atomic E-state index is 0.405. The zero-order valence-corrected chi connectivity index (χ0v) is 4.64. The van der Waals surface area contributed by atoms with Crippen molar-refractivity contribution in [2.24, 2.45) is 7.05 Å². The van der Waals surface area contributed by atoms with Gasteiger partial charge in [0.1, 0.15) is 6.33 Å². The summed E-state index contributed by atoms with van der Waals surface area (Å²) in [5.74, 6) is 0. The van der Waals surface area contributed by atoms with Gasteiger partial charge in [-0.3, -0.25) is 4.68 Å². The summed E-state index contributed by atoms with van der Waals surface area (Å²) in [7, 11) is 1.78. The Morgan fingerprint density at radius 2 is 2.57 bits per heavy atom. The molecule has 0 bridgehead atoms. The van der Waals surface area contributed by atoms with Gasteiger partial charge < -0.3 is 0 Å². The molecule has 0 aliphatic heterocycles. The number of hydrogen-bond acceptors (Lipinski definition) is 2. The van der Waals surface area contributed by atoms with Crippen LogP contribution in [-0.2, 0) is 7.05 Å². The number of nitrogens with zero attached hydrogens (tertiary/aromatic N) is 3. The van der Waals surface area contributed by atoms with Crippen molar-refractivity contribution < 1.29 is 0 Å². The van der Waals surface area contributed by atoms with Gasteiger partial charge in [-0.25, -0.2) is 4.98 Å². The van der Waals surface area contributed by atoms with E-state index in [1.54, 1.807) is 18.1 Å². The molecule has 0 N–H and O–H groups in total. The van der Waals surface area contributed by atoms with Gasteiger partial charge in [0.05, 0.1) is 0 Å². The number of rotatable bonds is 0. The highest BCUT2D eigenvalue weighted by atomic mass is 32.1. The molecular formula is C3H4N3S. The lowest BCUT2D eigenvalue weighted by Gasteiger charge is -1.75. The Morgan fingerprint density at radius 1 is 1.86 bits per heavy atom. The summed E-state index contributed by atoms with van der Waals surface area (Å²) in [5, 5.41) is 4.14. The highest BCUT2D eigenvalue weighted by Gasteiger charge is 1.86. The highest BCUT2D eigenvalue weighted by Crippen LogP contribution is 1.89. The number of aromatic nitrogens is 3. The second-order valence-corrected chi connectivity index (χ2v) is 1.57. The lowest BCUT2D eigenvalue weighted by Crippen LogP contribution is -1.84. The van der Waals surface area contributed by atoms with Crippen molar-refractivity contribution >= 4 is 12.6 Å². The predicted octanol–water partition coefficient (Wildman–Crippen LogP) is 0.371. The van der Waals surface area contributed by atoms with Gasteiger partial charge in [0.15, 0.2) is 0 Å². The highest BCUT2D eigenvalue weighted by molar-refractivity contribution is 7.80. The van der Waals surface area contributed by atoms with E-state index in [4.69, 9.17) is 0 Å². The third kappa shape index (κ3) is 0.866. The maximum Gasteiger partial charge on any atom is 0.239 e. The van der Waals surface area contributed by atoms with Crippen LogP contribution >= 0.6 is 12.6 Å². The van der Waals surface area contributed by atoms with Crippen LogP contribution in [0.2, 0.25) is 0 Å². The van der Waals surface area contributed by atoms with Crippen molar-refractivity contribution in [1.29, 1.82) is 0 Å². The molecule has 1 radical (unpaired) electrons. The van der Waals surface area contributed by atoms with Crippen LogP contribution in [0.3, 0.4) is 0 Å². The molecule has 0 amide bonds. The molecule has 4 heteroatoms. The molecule has 0 aliphatic carbocycles. The lowest BCUT2D eigenvalue weighted by molar-refractivity contribution is 0.739. The minimum Gasteiger partial charge on any atom is -0.255 e. The Morgan fingerprint density at radius 3 is 2.71 bits per heavy atom. The fourth-order valence-corrected chi connectivity index (χ4v) is 0.495. The fraction of sp³-hybridized carbons (Fsp3) is 0.333. The largest absolute Gasteiger partial charge is 0.255 e. The summed E-state index contributed by atoms with van der Waals surface area (Å²) in [4.78, 5) is 3.68. The SMILES string of the molecule is Cn1cnc([S])n1. The Labute approximate surface area is 46.8 Å². The van der Waals surface area contributed by atoms with Gasteiger partial charge in [0.2, 0.25) is 5.16 Å². The van der Waals surface area contributed by atoms with Gasteiger partial charge in [-0.05, 0) is 12.6 Å². The van der Waals surface area contributed by atoms with Gasteiger partial charge in [-0.2, -0.15) is 0 Å². The van der Waals surface area contributed by atoms with E-state index in [9.17, 15) is 0 Å². The normalized spacial score (nSPS) is 9.29. The Kier molecular flexibility index (Phi) is 0.941. The average molecular weight is 114 g/mol. The summed E-state index contributed by atoms with van der Waals surface area (Å²) in [6, 6.07) is 0. The molecule has 1 aromatic heterocycles. The van der Waals surface area contributed by atoms with E-state index in [1.807, 2.05) is 0 Å². The lowest BCUT2D eigenvalue weighted by atomic mass is 11.2. The van der Waals surface area contributed by atoms with Crippen LogP contribution in [0.5, 0.6) is 0 Å². The zero-order chi connectivity index (χ0) is 5.28. The van der Waals surface area contributed by atoms with E-state index in [-0.39, 0.29) is 0 Å². The van der Waals surface area contributed by atoms with Crippen LogP contribution in [0.1, 0.15) is 0 Å². The molecule has 0 aliphatic rings. The first-order valence-electron chi connectivity index (χ1n) is 1.81. The Balaban J connectivity index is 3.04. The molecule has 0 saturated carbocycles. The van der Waals surface area contributed by atoms with Crippen LogP contribution < -0.4 is 0 Å². The van der Waals surface area contributed by atoms with E-state index in [1.165, 1.54) is 0 Å². The summed E-state index contributed by atoms with van der Waals surface area (Å²) < 4.78 is 1.57. The van der Waals surface area contributed by atoms with Crippen molar-refractivity contribution in [2.45, 2.75) is 5.16 Å². The molecule has 0 atom stereocenters. The van der Waals surface area contributed by atoms with Crippen LogP contribution in [-0.4, -0.2) is 14.8 Å². The summed E-state index contributed by atoms with van der Waals surface area (Å²) in [6.07, 6.45) is 1.57. The zero-order valence-electron chi connectivity index (χ0n) is 3.83. The monoisotopic (exact) mass is 114 g/mol. The first-order chi connectivity index (χ1) is 3.29. The second kappa shape index (κ2) is 1.46. The van der Waals surface area contributed by atoms with Crippen LogP contribution in [0, 0.1) is 0 Å². The average Bonchev–Trinajstić information content (AvgIpc) is 1.87. The third-order valence-corrected chi connectivity index (χ3v) is 0.766. The van der Waals surface area contributed by atoms with E-state index in [0.717, 1.165) is 0 Å². The molecule has 7 heavy (non-hydrogen) atoms. The minimum atomic E-state index is 0.405. The van der Waals surface area contributed by atoms with Gasteiger partial charge in [-0.1, -0.05) is 0 Å². The van der Waals surface area contributed by atoms with Gasteiger partial charge in [0, 0.05) is 7.05 Å². The van der Waals surface area contributed by atoms with E-state index in [0.29, 0.717) is 5.16 Å². The van der Waals surface area contributed by atoms with Crippen molar-refractivity contribution in [3.63, 3.8) is 0 Å². The van der Waals surface area contributed by atoms with Crippen LogP contribution in [0.25, 0.3) is 0 Å². The van der Waals surface area contributed by atoms with Crippen molar-refractivity contribution in [3.05, 3.63) is 6.33 Å². The molecule has 0 aromatic carbocycles. The summed E-state index contributed by atoms with van der Waals surface area (Å²) >= 11 is 4.59. The standard InChI is InChI=1S/C3H4N3S/c1-6-2-4-3(7)5-6/h2H,1H3. The molecule has 3 nitrogen and oxygen atoms in total. The second-order valence-electron chi connectivity index (χ2n) is 1.20. The summed E-state index contributed by atoms with van der Waals surface area (Å²) in [6.45, 7) is 0. The maximum absolute atomic E-state index is 4.59. The van der Waals surface area contributed by atoms with Crippen molar-refractivity contribution in [3.8, 4) is 0 Å². The number of hydrogen-bond donors (Lipinski definition) is 0. The van der Waals surface area contributed by atoms with Gasteiger partial charge >= 0.3 is 0 Å². The Hall–Kier alpha value is -0.640. The molecule has 1 rings (SSSR count). The quantitative estimate of drug-likeness (QED) is 0.488. The maximum atomic E-state index is 4.59. The molecule has 0 unspecified atom stereocenters. The fourth-order valence-electron chi connectivity index (χ4n) is 0.320. The van der Waals surface area contributed by atoms with Crippen LogP contribution in [0.4, 0.5) is 0 Å². The topological polar surface area (TPSA) is 30.7 Å². The molecule has 0 fully saturated rings. The van der Waals surface area contributed by atoms with Crippen molar-refractivity contribution in [2.75, 3.05) is 0 Å². The molecular weight excluding hydrogens is 110 g/mol. The van der Waals surface area contributed by atoms with Gasteiger partial charge in [0.25, 0.3) is 0 Å². The van der Waals surface area contributed by atoms with E-state index < -0.39 is 0 Å². The Bertz CT molecular complexity index is 142. The smallest absolute Gasteiger partial charge is 0.239 e. The molecule has 37 valence electrons. The van der Waals surface area contributed by atoms with E-state index >= 15 is 0 Å².